The molecule has 1 amide bonds. The Balaban J connectivity index is 2.25. The lowest BCUT2D eigenvalue weighted by molar-refractivity contribution is 0.0845. The molecule has 0 radical (unpaired) electrons. The highest BCUT2D eigenvalue weighted by atomic mass is 32.2. The average molecular weight is 231 g/mol. The number of carbonyl (C=O) groups excluding carboxylic acids is 1. The Kier molecular flexibility index (Phi) is 2.28. The van der Waals surface area contributed by atoms with Gasteiger partial charge in [0.15, 0.2) is 0 Å². The van der Waals surface area contributed by atoms with Crippen molar-refractivity contribution in [1.29, 1.82) is 0 Å². The van der Waals surface area contributed by atoms with Gasteiger partial charge in [0.05, 0.1) is 5.70 Å². The Hall–Kier alpha value is -1.22. The minimum Gasteiger partial charge on any atom is -0.307 e. The summed E-state index contributed by atoms with van der Waals surface area (Å²) in [6.45, 7) is 0.868. The number of hydrogen-bond acceptors (Lipinski definition) is 2. The van der Waals surface area contributed by atoms with E-state index in [1.807, 2.05) is 23.1 Å². The minimum absolute atomic E-state index is 0.178. The van der Waals surface area contributed by atoms with Crippen molar-refractivity contribution in [1.82, 2.24) is 4.90 Å². The molecular formula is C13H13NOS. The highest BCUT2D eigenvalue weighted by Gasteiger charge is 2.35. The summed E-state index contributed by atoms with van der Waals surface area (Å²) in [6.07, 6.45) is 4.28. The summed E-state index contributed by atoms with van der Waals surface area (Å²) in [5, 5.41) is 0. The molecule has 3 heteroatoms. The van der Waals surface area contributed by atoms with E-state index in [1.165, 1.54) is 10.6 Å². The first-order valence-electron chi connectivity index (χ1n) is 5.51. The zero-order valence-electron chi connectivity index (χ0n) is 9.19. The van der Waals surface area contributed by atoms with Gasteiger partial charge in [-0.2, -0.15) is 0 Å². The Morgan fingerprint density at radius 1 is 1.25 bits per heavy atom. The van der Waals surface area contributed by atoms with E-state index in [4.69, 9.17) is 0 Å². The average Bonchev–Trinajstić information content (AvgIpc) is 2.64. The molecular weight excluding hydrogens is 218 g/mol. The smallest absolute Gasteiger partial charge is 0.259 e. The molecule has 0 atom stereocenters. The van der Waals surface area contributed by atoms with Gasteiger partial charge in [0, 0.05) is 22.6 Å². The zero-order valence-corrected chi connectivity index (χ0v) is 10.0. The predicted octanol–water partition coefficient (Wildman–Crippen LogP) is 2.97. The van der Waals surface area contributed by atoms with E-state index in [-0.39, 0.29) is 5.91 Å². The number of fused-ring (bicyclic) bond motifs is 3. The van der Waals surface area contributed by atoms with Gasteiger partial charge in [0.2, 0.25) is 0 Å². The number of thioether (sulfide) groups is 1. The van der Waals surface area contributed by atoms with Gasteiger partial charge in [-0.15, -0.1) is 11.8 Å². The third-order valence-electron chi connectivity index (χ3n) is 3.22. The maximum Gasteiger partial charge on any atom is 0.259 e. The SMILES string of the molecule is CSC1=C2c3ccccc3C(=O)N2CCC1. The third kappa shape index (κ3) is 1.24. The predicted molar refractivity (Wildman–Crippen MR) is 67.1 cm³/mol. The molecule has 3 rings (SSSR count). The first kappa shape index (κ1) is 9.97. The molecule has 0 aromatic heterocycles. The van der Waals surface area contributed by atoms with E-state index in [9.17, 15) is 4.79 Å². The Morgan fingerprint density at radius 3 is 2.75 bits per heavy atom. The summed E-state index contributed by atoms with van der Waals surface area (Å²) in [5.41, 5.74) is 3.15. The molecule has 82 valence electrons. The van der Waals surface area contributed by atoms with Crippen LogP contribution in [0.25, 0.3) is 5.70 Å². The van der Waals surface area contributed by atoms with Crippen molar-refractivity contribution in [3.63, 3.8) is 0 Å². The van der Waals surface area contributed by atoms with E-state index in [0.717, 1.165) is 30.5 Å². The van der Waals surface area contributed by atoms with Crippen LogP contribution in [0.15, 0.2) is 29.2 Å². The van der Waals surface area contributed by atoms with Crippen molar-refractivity contribution >= 4 is 23.4 Å². The lowest BCUT2D eigenvalue weighted by atomic mass is 10.1. The fraction of sp³-hybridized carbons (Fsp3) is 0.308. The Labute approximate surface area is 99.3 Å². The second kappa shape index (κ2) is 3.67. The van der Waals surface area contributed by atoms with Crippen molar-refractivity contribution in [2.24, 2.45) is 0 Å². The number of allylic oxidation sites excluding steroid dienone is 1. The van der Waals surface area contributed by atoms with Gasteiger partial charge >= 0.3 is 0 Å². The second-order valence-corrected chi connectivity index (χ2v) is 4.98. The van der Waals surface area contributed by atoms with Gasteiger partial charge < -0.3 is 4.90 Å². The molecule has 0 fully saturated rings. The van der Waals surface area contributed by atoms with Crippen LogP contribution in [0, 0.1) is 0 Å². The molecule has 0 saturated carbocycles. The van der Waals surface area contributed by atoms with E-state index in [1.54, 1.807) is 11.8 Å². The van der Waals surface area contributed by atoms with Gasteiger partial charge in [0.1, 0.15) is 0 Å². The van der Waals surface area contributed by atoms with Gasteiger partial charge in [-0.1, -0.05) is 18.2 Å². The fourth-order valence-electron chi connectivity index (χ4n) is 2.50. The van der Waals surface area contributed by atoms with Crippen LogP contribution in [0.4, 0.5) is 0 Å². The van der Waals surface area contributed by atoms with Crippen LogP contribution in [-0.2, 0) is 0 Å². The van der Waals surface area contributed by atoms with Gasteiger partial charge in [0.25, 0.3) is 5.91 Å². The normalized spacial score (nSPS) is 18.8. The summed E-state index contributed by atoms with van der Waals surface area (Å²) in [5.74, 6) is 0.178. The van der Waals surface area contributed by atoms with Crippen molar-refractivity contribution in [3.05, 3.63) is 40.3 Å². The maximum atomic E-state index is 12.2. The van der Waals surface area contributed by atoms with Crippen molar-refractivity contribution in [2.75, 3.05) is 12.8 Å². The van der Waals surface area contributed by atoms with Crippen LogP contribution >= 0.6 is 11.8 Å². The molecule has 2 aliphatic heterocycles. The molecule has 0 spiro atoms. The molecule has 0 bridgehead atoms. The molecule has 1 aromatic rings. The van der Waals surface area contributed by atoms with Gasteiger partial charge in [-0.25, -0.2) is 0 Å². The lowest BCUT2D eigenvalue weighted by Gasteiger charge is -2.26. The van der Waals surface area contributed by atoms with Crippen molar-refractivity contribution in [2.45, 2.75) is 12.8 Å². The number of amides is 1. The van der Waals surface area contributed by atoms with Crippen LogP contribution in [0.1, 0.15) is 28.8 Å². The molecule has 2 aliphatic rings. The summed E-state index contributed by atoms with van der Waals surface area (Å²) in [6, 6.07) is 7.94. The summed E-state index contributed by atoms with van der Waals surface area (Å²) in [4.78, 5) is 15.5. The monoisotopic (exact) mass is 231 g/mol. The highest BCUT2D eigenvalue weighted by molar-refractivity contribution is 8.02. The van der Waals surface area contributed by atoms with E-state index in [2.05, 4.69) is 12.3 Å². The number of hydrogen-bond donors (Lipinski definition) is 0. The standard InChI is InChI=1S/C13H13NOS/c1-16-11-7-4-8-14-12(11)9-5-2-3-6-10(9)13(14)15/h2-3,5-6H,4,7-8H2,1H3. The quantitative estimate of drug-likeness (QED) is 0.740. The zero-order chi connectivity index (χ0) is 11.1. The van der Waals surface area contributed by atoms with Gasteiger partial charge in [-0.3, -0.25) is 4.79 Å². The summed E-state index contributed by atoms with van der Waals surface area (Å²) < 4.78 is 0. The van der Waals surface area contributed by atoms with Crippen LogP contribution < -0.4 is 0 Å². The molecule has 0 N–H and O–H groups in total. The van der Waals surface area contributed by atoms with Crippen LogP contribution in [0.5, 0.6) is 0 Å². The Bertz CT molecular complexity index is 492. The second-order valence-electron chi connectivity index (χ2n) is 4.08. The lowest BCUT2D eigenvalue weighted by Crippen LogP contribution is -2.27. The largest absolute Gasteiger partial charge is 0.307 e. The highest BCUT2D eigenvalue weighted by Crippen LogP contribution is 2.41. The third-order valence-corrected chi connectivity index (χ3v) is 4.11. The van der Waals surface area contributed by atoms with Crippen LogP contribution in [0.2, 0.25) is 0 Å². The van der Waals surface area contributed by atoms with E-state index in [0.29, 0.717) is 0 Å². The van der Waals surface area contributed by atoms with Gasteiger partial charge in [-0.05, 0) is 25.2 Å². The maximum absolute atomic E-state index is 12.2. The topological polar surface area (TPSA) is 20.3 Å². The van der Waals surface area contributed by atoms with Crippen molar-refractivity contribution in [3.8, 4) is 0 Å². The number of benzene rings is 1. The number of carbonyl (C=O) groups is 1. The van der Waals surface area contributed by atoms with Crippen LogP contribution in [0.3, 0.4) is 0 Å². The first-order chi connectivity index (χ1) is 7.83. The molecule has 1 aromatic carbocycles. The fourth-order valence-corrected chi connectivity index (χ4v) is 3.26. The molecule has 0 saturated heterocycles. The molecule has 0 aliphatic carbocycles. The number of nitrogens with zero attached hydrogens (tertiary/aromatic N) is 1. The van der Waals surface area contributed by atoms with E-state index < -0.39 is 0 Å². The van der Waals surface area contributed by atoms with Crippen molar-refractivity contribution < 1.29 is 4.79 Å². The van der Waals surface area contributed by atoms with E-state index >= 15 is 0 Å². The molecule has 2 heterocycles. The number of rotatable bonds is 1. The Morgan fingerprint density at radius 2 is 2.00 bits per heavy atom. The van der Waals surface area contributed by atoms with Crippen LogP contribution in [-0.4, -0.2) is 23.6 Å². The molecule has 2 nitrogen and oxygen atoms in total. The molecule has 16 heavy (non-hydrogen) atoms. The first-order valence-corrected chi connectivity index (χ1v) is 6.74. The summed E-state index contributed by atoms with van der Waals surface area (Å²) in [7, 11) is 0. The minimum atomic E-state index is 0.178. The summed E-state index contributed by atoms with van der Waals surface area (Å²) >= 11 is 1.77. The molecule has 0 unspecified atom stereocenters.